The van der Waals surface area contributed by atoms with E-state index in [4.69, 9.17) is 5.73 Å². The summed E-state index contributed by atoms with van der Waals surface area (Å²) in [5, 5.41) is 3.87. The first-order chi connectivity index (χ1) is 12.2. The molecule has 0 aromatic carbocycles. The Morgan fingerprint density at radius 3 is 2.92 bits per heavy atom. The van der Waals surface area contributed by atoms with Gasteiger partial charge in [-0.05, 0) is 18.9 Å². The van der Waals surface area contributed by atoms with Crippen LogP contribution in [0.2, 0.25) is 0 Å². The first-order valence-corrected chi connectivity index (χ1v) is 8.71. The Balaban J connectivity index is 1.87. The third-order valence-electron chi connectivity index (χ3n) is 5.04. The maximum Gasteiger partial charge on any atom is 0.294 e. The van der Waals surface area contributed by atoms with Crippen molar-refractivity contribution in [3.8, 4) is 0 Å². The fourth-order valence-electron chi connectivity index (χ4n) is 3.80. The summed E-state index contributed by atoms with van der Waals surface area (Å²) in [6.45, 7) is 3.48. The Morgan fingerprint density at radius 1 is 1.40 bits per heavy atom. The number of anilines is 1. The molecule has 0 amide bonds. The summed E-state index contributed by atoms with van der Waals surface area (Å²) in [5.41, 5.74) is 7.98. The van der Waals surface area contributed by atoms with Gasteiger partial charge in [-0.3, -0.25) is 9.36 Å². The van der Waals surface area contributed by atoms with Gasteiger partial charge < -0.3 is 20.9 Å². The van der Waals surface area contributed by atoms with E-state index in [1.165, 1.54) is 0 Å². The summed E-state index contributed by atoms with van der Waals surface area (Å²) >= 11 is 0. The van der Waals surface area contributed by atoms with E-state index in [-0.39, 0.29) is 11.6 Å². The molecule has 8 heteroatoms. The van der Waals surface area contributed by atoms with E-state index >= 15 is 0 Å². The minimum absolute atomic E-state index is 0.0685. The number of H-pyrrole nitrogens is 1. The van der Waals surface area contributed by atoms with Crippen molar-refractivity contribution < 1.29 is 0 Å². The fraction of sp³-hybridized carbons (Fsp3) is 0.471. The van der Waals surface area contributed by atoms with Crippen LogP contribution in [0.25, 0.3) is 22.1 Å². The topological polar surface area (TPSA) is 105 Å². The molecular formula is C17H23N7O. The van der Waals surface area contributed by atoms with Crippen LogP contribution < -0.4 is 16.6 Å². The smallest absolute Gasteiger partial charge is 0.294 e. The number of hydrogen-bond acceptors (Lipinski definition) is 6. The molecule has 1 aliphatic rings. The number of nitrogens with one attached hydrogen (secondary N) is 2. The molecule has 0 spiro atoms. The summed E-state index contributed by atoms with van der Waals surface area (Å²) in [4.78, 5) is 27.4. The van der Waals surface area contributed by atoms with Crippen molar-refractivity contribution in [3.05, 3.63) is 28.8 Å². The van der Waals surface area contributed by atoms with Crippen molar-refractivity contribution in [1.82, 2.24) is 24.4 Å². The number of aromatic amines is 1. The molecule has 1 saturated heterocycles. The zero-order chi connectivity index (χ0) is 17.4. The van der Waals surface area contributed by atoms with Gasteiger partial charge in [-0.2, -0.15) is 0 Å². The molecule has 4 heterocycles. The molecule has 132 valence electrons. The summed E-state index contributed by atoms with van der Waals surface area (Å²) < 4.78 is 1.92. The first kappa shape index (κ1) is 16.0. The maximum absolute atomic E-state index is 13.1. The molecule has 1 aliphatic heterocycles. The van der Waals surface area contributed by atoms with Crippen LogP contribution in [-0.2, 0) is 0 Å². The van der Waals surface area contributed by atoms with Gasteiger partial charge in [-0.25, -0.2) is 9.97 Å². The third-order valence-corrected chi connectivity index (χ3v) is 5.04. The van der Waals surface area contributed by atoms with Crippen LogP contribution in [0, 0.1) is 0 Å². The normalized spacial score (nSPS) is 16.7. The molecule has 0 aliphatic carbocycles. The average Bonchev–Trinajstić information content (AvgIpc) is 3.11. The van der Waals surface area contributed by atoms with Crippen LogP contribution in [-0.4, -0.2) is 57.6 Å². The summed E-state index contributed by atoms with van der Waals surface area (Å²) in [7, 11) is 1.73. The van der Waals surface area contributed by atoms with E-state index in [0.29, 0.717) is 12.4 Å². The van der Waals surface area contributed by atoms with E-state index in [9.17, 15) is 4.79 Å². The van der Waals surface area contributed by atoms with Crippen molar-refractivity contribution in [2.45, 2.75) is 18.9 Å². The number of pyridine rings is 1. The minimum Gasteiger partial charge on any atom is -0.369 e. The quantitative estimate of drug-likeness (QED) is 0.651. The number of likely N-dealkylation sites (tertiary alicyclic amines) is 1. The van der Waals surface area contributed by atoms with Crippen LogP contribution in [0.15, 0.2) is 23.3 Å². The Morgan fingerprint density at radius 2 is 2.20 bits per heavy atom. The highest BCUT2D eigenvalue weighted by Gasteiger charge is 2.25. The third kappa shape index (κ3) is 2.67. The number of hydrogen-bond donors (Lipinski definition) is 3. The predicted molar refractivity (Wildman–Crippen MR) is 99.0 cm³/mol. The first-order valence-electron chi connectivity index (χ1n) is 8.71. The lowest BCUT2D eigenvalue weighted by atomic mass is 10.0. The van der Waals surface area contributed by atoms with Crippen molar-refractivity contribution in [2.24, 2.45) is 5.73 Å². The van der Waals surface area contributed by atoms with E-state index in [2.05, 4.69) is 25.2 Å². The lowest BCUT2D eigenvalue weighted by Crippen LogP contribution is -2.40. The molecule has 0 saturated carbocycles. The molecular weight excluding hydrogens is 318 g/mol. The zero-order valence-electron chi connectivity index (χ0n) is 14.3. The molecule has 3 aromatic rings. The molecule has 4 rings (SSSR count). The van der Waals surface area contributed by atoms with Gasteiger partial charge >= 0.3 is 0 Å². The summed E-state index contributed by atoms with van der Waals surface area (Å²) in [5.74, 6) is 0.369. The van der Waals surface area contributed by atoms with Crippen LogP contribution in [0.5, 0.6) is 0 Å². The van der Waals surface area contributed by atoms with E-state index in [1.54, 1.807) is 13.2 Å². The molecule has 1 fully saturated rings. The van der Waals surface area contributed by atoms with Crippen molar-refractivity contribution in [1.29, 1.82) is 0 Å². The van der Waals surface area contributed by atoms with E-state index < -0.39 is 0 Å². The van der Waals surface area contributed by atoms with Crippen LogP contribution in [0.4, 0.5) is 5.82 Å². The molecule has 0 atom stereocenters. The lowest BCUT2D eigenvalue weighted by Gasteiger charge is -2.33. The van der Waals surface area contributed by atoms with Gasteiger partial charge in [0.2, 0.25) is 0 Å². The number of nitrogens with two attached hydrogens (primary N) is 1. The van der Waals surface area contributed by atoms with Gasteiger partial charge in [0, 0.05) is 50.9 Å². The Labute approximate surface area is 145 Å². The summed E-state index contributed by atoms with van der Waals surface area (Å²) in [6.07, 6.45) is 5.43. The van der Waals surface area contributed by atoms with Gasteiger partial charge in [0.1, 0.15) is 11.2 Å². The second-order valence-corrected chi connectivity index (χ2v) is 6.48. The zero-order valence-corrected chi connectivity index (χ0v) is 14.3. The van der Waals surface area contributed by atoms with Crippen LogP contribution in [0.1, 0.15) is 18.9 Å². The van der Waals surface area contributed by atoms with E-state index in [0.717, 1.165) is 54.5 Å². The molecule has 0 bridgehead atoms. The monoisotopic (exact) mass is 341 g/mol. The Bertz CT molecular complexity index is 953. The number of piperidine rings is 1. The highest BCUT2D eigenvalue weighted by Crippen LogP contribution is 2.28. The SMILES string of the molecule is CNc1nc2cnc3[nH]ccc3c2n(C2CCN(CCN)CC2)c1=O. The van der Waals surface area contributed by atoms with Gasteiger partial charge in [0.15, 0.2) is 5.82 Å². The van der Waals surface area contributed by atoms with Gasteiger partial charge in [0.05, 0.1) is 11.7 Å². The lowest BCUT2D eigenvalue weighted by molar-refractivity contribution is 0.191. The maximum atomic E-state index is 13.1. The van der Waals surface area contributed by atoms with Gasteiger partial charge in [-0.1, -0.05) is 0 Å². The van der Waals surface area contributed by atoms with Crippen LogP contribution >= 0.6 is 0 Å². The highest BCUT2D eigenvalue weighted by molar-refractivity contribution is 6.01. The highest BCUT2D eigenvalue weighted by atomic mass is 16.1. The van der Waals surface area contributed by atoms with Gasteiger partial charge in [0.25, 0.3) is 5.56 Å². The van der Waals surface area contributed by atoms with Crippen molar-refractivity contribution >= 4 is 27.9 Å². The number of aromatic nitrogens is 4. The predicted octanol–water partition coefficient (Wildman–Crippen LogP) is 0.910. The number of rotatable bonds is 4. The number of fused-ring (bicyclic) bond motifs is 3. The van der Waals surface area contributed by atoms with Crippen molar-refractivity contribution in [2.75, 3.05) is 38.5 Å². The summed E-state index contributed by atoms with van der Waals surface area (Å²) in [6, 6.07) is 2.12. The Hall–Kier alpha value is -2.45. The molecule has 3 aromatic heterocycles. The average molecular weight is 341 g/mol. The minimum atomic E-state index is -0.0685. The molecule has 4 N–H and O–H groups in total. The fourth-order valence-corrected chi connectivity index (χ4v) is 3.80. The van der Waals surface area contributed by atoms with Gasteiger partial charge in [-0.15, -0.1) is 0 Å². The second kappa shape index (κ2) is 6.45. The largest absolute Gasteiger partial charge is 0.369 e. The van der Waals surface area contributed by atoms with E-state index in [1.807, 2.05) is 16.8 Å². The Kier molecular flexibility index (Phi) is 4.14. The molecule has 0 unspecified atom stereocenters. The molecule has 8 nitrogen and oxygen atoms in total. The second-order valence-electron chi connectivity index (χ2n) is 6.48. The molecule has 25 heavy (non-hydrogen) atoms. The van der Waals surface area contributed by atoms with Crippen LogP contribution in [0.3, 0.4) is 0 Å². The molecule has 0 radical (unpaired) electrons. The van der Waals surface area contributed by atoms with Crippen molar-refractivity contribution in [3.63, 3.8) is 0 Å². The standard InChI is InChI=1S/C17H23N7O/c1-19-16-17(25)24(11-3-7-23(8-4-11)9-5-18)14-12-2-6-20-15(12)21-10-13(14)22-16/h2,6,10-11H,3-5,7-9,18H2,1H3,(H,19,22)(H,20,21). The number of nitrogens with zero attached hydrogens (tertiary/aromatic N) is 4.